The molecule has 0 fully saturated rings. The molecule has 2 aromatic rings. The van der Waals surface area contributed by atoms with E-state index in [0.717, 1.165) is 22.8 Å². The molecule has 1 heterocycles. The zero-order chi connectivity index (χ0) is 12.3. The van der Waals surface area contributed by atoms with Crippen molar-refractivity contribution < 1.29 is 9.15 Å². The second kappa shape index (κ2) is 4.91. The van der Waals surface area contributed by atoms with E-state index in [1.807, 2.05) is 38.1 Å². The number of hydrogen-bond donors (Lipinski definition) is 1. The molecule has 1 aromatic heterocycles. The molecular formula is C13H16N2O2. The summed E-state index contributed by atoms with van der Waals surface area (Å²) in [5, 5.41) is 2.89. The number of nitrogens with one attached hydrogen (secondary N) is 1. The number of ether oxygens (including phenoxy) is 1. The Morgan fingerprint density at radius 1 is 1.41 bits per heavy atom. The lowest BCUT2D eigenvalue weighted by Crippen LogP contribution is -1.91. The molecule has 0 aliphatic heterocycles. The van der Waals surface area contributed by atoms with Crippen molar-refractivity contribution in [1.29, 1.82) is 0 Å². The van der Waals surface area contributed by atoms with Gasteiger partial charge in [-0.15, -0.1) is 0 Å². The molecule has 0 amide bonds. The van der Waals surface area contributed by atoms with Crippen LogP contribution in [0, 0.1) is 6.92 Å². The molecule has 2 rings (SSSR count). The van der Waals surface area contributed by atoms with Crippen molar-refractivity contribution in [3.8, 4) is 17.0 Å². The van der Waals surface area contributed by atoms with Gasteiger partial charge in [0.25, 0.3) is 6.01 Å². The topological polar surface area (TPSA) is 47.3 Å². The van der Waals surface area contributed by atoms with Crippen LogP contribution in [0.5, 0.6) is 5.75 Å². The minimum Gasteiger partial charge on any atom is -0.494 e. The van der Waals surface area contributed by atoms with E-state index >= 15 is 0 Å². The van der Waals surface area contributed by atoms with E-state index in [-0.39, 0.29) is 0 Å². The number of nitrogens with zero attached hydrogens (tertiary/aromatic N) is 1. The van der Waals surface area contributed by atoms with Crippen LogP contribution in [0.2, 0.25) is 0 Å². The van der Waals surface area contributed by atoms with Gasteiger partial charge >= 0.3 is 0 Å². The summed E-state index contributed by atoms with van der Waals surface area (Å²) in [5.74, 6) is 1.64. The highest BCUT2D eigenvalue weighted by Gasteiger charge is 2.11. The van der Waals surface area contributed by atoms with Crippen LogP contribution in [-0.4, -0.2) is 18.6 Å². The molecule has 0 spiro atoms. The van der Waals surface area contributed by atoms with Gasteiger partial charge in [0.1, 0.15) is 17.2 Å². The summed E-state index contributed by atoms with van der Waals surface area (Å²) < 4.78 is 10.9. The van der Waals surface area contributed by atoms with Gasteiger partial charge in [0, 0.05) is 12.6 Å². The van der Waals surface area contributed by atoms with Gasteiger partial charge < -0.3 is 14.5 Å². The highest BCUT2D eigenvalue weighted by Crippen LogP contribution is 2.27. The molecule has 1 N–H and O–H groups in total. The van der Waals surface area contributed by atoms with Crippen molar-refractivity contribution in [1.82, 2.24) is 4.98 Å². The smallest absolute Gasteiger partial charge is 0.295 e. The van der Waals surface area contributed by atoms with E-state index in [4.69, 9.17) is 9.15 Å². The molecule has 1 aromatic carbocycles. The number of hydrogen-bond acceptors (Lipinski definition) is 4. The van der Waals surface area contributed by atoms with Crippen molar-refractivity contribution in [3.05, 3.63) is 30.0 Å². The summed E-state index contributed by atoms with van der Waals surface area (Å²) in [6, 6.07) is 8.37. The molecular weight excluding hydrogens is 216 g/mol. The molecule has 0 aliphatic carbocycles. The van der Waals surface area contributed by atoms with Gasteiger partial charge in [0.15, 0.2) is 0 Å². The van der Waals surface area contributed by atoms with Gasteiger partial charge in [-0.2, -0.15) is 4.98 Å². The second-order valence-corrected chi connectivity index (χ2v) is 3.63. The van der Waals surface area contributed by atoms with Gasteiger partial charge in [-0.05, 0) is 26.0 Å². The molecule has 90 valence electrons. The minimum atomic E-state index is 0.527. The van der Waals surface area contributed by atoms with Crippen molar-refractivity contribution in [2.45, 2.75) is 13.8 Å². The standard InChI is InChI=1S/C13H16N2O2/c1-4-16-11-7-5-6-10(8-11)12-9(2)17-13(14-3)15-12/h5-8H,4H2,1-3H3,(H,14,15). The molecule has 0 saturated carbocycles. The first-order chi connectivity index (χ1) is 8.24. The number of benzene rings is 1. The lowest BCUT2D eigenvalue weighted by Gasteiger charge is -2.04. The summed E-state index contributed by atoms with van der Waals surface area (Å²) in [6.07, 6.45) is 0. The summed E-state index contributed by atoms with van der Waals surface area (Å²) in [7, 11) is 1.78. The zero-order valence-electron chi connectivity index (χ0n) is 10.3. The molecule has 4 nitrogen and oxygen atoms in total. The largest absolute Gasteiger partial charge is 0.494 e. The maximum atomic E-state index is 5.47. The number of aromatic nitrogens is 1. The zero-order valence-corrected chi connectivity index (χ0v) is 10.3. The molecule has 0 saturated heterocycles. The van der Waals surface area contributed by atoms with Gasteiger partial charge in [-0.25, -0.2) is 0 Å². The van der Waals surface area contributed by atoms with Gasteiger partial charge in [0.2, 0.25) is 0 Å². The first-order valence-electron chi connectivity index (χ1n) is 5.63. The SMILES string of the molecule is CCOc1cccc(-c2nc(NC)oc2C)c1. The Morgan fingerprint density at radius 3 is 2.88 bits per heavy atom. The Kier molecular flexibility index (Phi) is 3.32. The maximum Gasteiger partial charge on any atom is 0.295 e. The van der Waals surface area contributed by atoms with Crippen LogP contribution >= 0.6 is 0 Å². The average Bonchev–Trinajstić information content (AvgIpc) is 2.71. The average molecular weight is 232 g/mol. The first-order valence-corrected chi connectivity index (χ1v) is 5.63. The fraction of sp³-hybridized carbons (Fsp3) is 0.308. The minimum absolute atomic E-state index is 0.527. The quantitative estimate of drug-likeness (QED) is 0.880. The number of anilines is 1. The van der Waals surface area contributed by atoms with Crippen LogP contribution < -0.4 is 10.1 Å². The van der Waals surface area contributed by atoms with Gasteiger partial charge in [-0.3, -0.25) is 0 Å². The predicted octanol–water partition coefficient (Wildman–Crippen LogP) is 3.09. The Bertz CT molecular complexity index is 506. The Morgan fingerprint density at radius 2 is 2.24 bits per heavy atom. The van der Waals surface area contributed by atoms with E-state index in [2.05, 4.69) is 10.3 Å². The van der Waals surface area contributed by atoms with Crippen molar-refractivity contribution >= 4 is 6.01 Å². The molecule has 0 bridgehead atoms. The van der Waals surface area contributed by atoms with Crippen LogP contribution in [-0.2, 0) is 0 Å². The normalized spacial score (nSPS) is 10.3. The maximum absolute atomic E-state index is 5.47. The van der Waals surface area contributed by atoms with Gasteiger partial charge in [-0.1, -0.05) is 12.1 Å². The molecule has 0 unspecified atom stereocenters. The van der Waals surface area contributed by atoms with Gasteiger partial charge in [0.05, 0.1) is 6.61 Å². The lowest BCUT2D eigenvalue weighted by molar-refractivity contribution is 0.340. The van der Waals surface area contributed by atoms with E-state index in [9.17, 15) is 0 Å². The third-order valence-electron chi connectivity index (χ3n) is 2.43. The molecule has 0 radical (unpaired) electrons. The van der Waals surface area contributed by atoms with E-state index < -0.39 is 0 Å². The van der Waals surface area contributed by atoms with Crippen LogP contribution in [0.4, 0.5) is 6.01 Å². The summed E-state index contributed by atoms with van der Waals surface area (Å²) >= 11 is 0. The summed E-state index contributed by atoms with van der Waals surface area (Å²) in [5.41, 5.74) is 1.84. The third kappa shape index (κ3) is 2.41. The third-order valence-corrected chi connectivity index (χ3v) is 2.43. The molecule has 17 heavy (non-hydrogen) atoms. The lowest BCUT2D eigenvalue weighted by atomic mass is 10.1. The second-order valence-electron chi connectivity index (χ2n) is 3.63. The highest BCUT2D eigenvalue weighted by atomic mass is 16.5. The number of aryl methyl sites for hydroxylation is 1. The van der Waals surface area contributed by atoms with Crippen molar-refractivity contribution in [2.24, 2.45) is 0 Å². The highest BCUT2D eigenvalue weighted by molar-refractivity contribution is 5.64. The van der Waals surface area contributed by atoms with Crippen molar-refractivity contribution in [3.63, 3.8) is 0 Å². The fourth-order valence-corrected chi connectivity index (χ4v) is 1.67. The van der Waals surface area contributed by atoms with E-state index in [1.54, 1.807) is 7.05 Å². The van der Waals surface area contributed by atoms with E-state index in [0.29, 0.717) is 12.6 Å². The Hall–Kier alpha value is -1.97. The van der Waals surface area contributed by atoms with Crippen molar-refractivity contribution in [2.75, 3.05) is 19.0 Å². The van der Waals surface area contributed by atoms with E-state index in [1.165, 1.54) is 0 Å². The van der Waals surface area contributed by atoms with Crippen LogP contribution in [0.15, 0.2) is 28.7 Å². The molecule has 0 atom stereocenters. The molecule has 0 aliphatic rings. The predicted molar refractivity (Wildman–Crippen MR) is 67.4 cm³/mol. The van der Waals surface area contributed by atoms with Crippen LogP contribution in [0.25, 0.3) is 11.3 Å². The summed E-state index contributed by atoms with van der Waals surface area (Å²) in [4.78, 5) is 4.37. The number of rotatable bonds is 4. The Labute approximate surface area is 101 Å². The number of oxazole rings is 1. The monoisotopic (exact) mass is 232 g/mol. The summed E-state index contributed by atoms with van der Waals surface area (Å²) in [6.45, 7) is 4.52. The van der Waals surface area contributed by atoms with Crippen LogP contribution in [0.1, 0.15) is 12.7 Å². The fourth-order valence-electron chi connectivity index (χ4n) is 1.67. The van der Waals surface area contributed by atoms with Crippen LogP contribution in [0.3, 0.4) is 0 Å². The Balaban J connectivity index is 2.37. The first kappa shape index (κ1) is 11.5. The molecule has 4 heteroatoms.